The molecule has 7 heterocycles. The first-order valence-electron chi connectivity index (χ1n) is 50.6. The molecule has 30 aromatic rings. The summed E-state index contributed by atoms with van der Waals surface area (Å²) >= 11 is 0. The zero-order valence-corrected chi connectivity index (χ0v) is 79.8. The molecule has 0 aliphatic heterocycles. The van der Waals surface area contributed by atoms with Gasteiger partial charge in [0.2, 0.25) is 0 Å². The molecule has 23 aromatic carbocycles. The van der Waals surface area contributed by atoms with Gasteiger partial charge < -0.3 is 31.5 Å². The molecule has 0 radical (unpaired) electrons. The van der Waals surface area contributed by atoms with Gasteiger partial charge in [-0.1, -0.05) is 358 Å². The standard InChI is InChI=1S/C49H31NO.C48H30N2O.C43H27NO/c1-2-12-34(13-3-1)50-45-20-10-8-16-37(45)44-29-32(24-27-46(44)50)31-22-26-42-43(28-31)36-15-5-7-19-41(36)49(42)40-18-6-4-14-35(40)33-23-25-39-38-17-9-11-21-47(38)51-48(39)30-33;1-2-13-33(14-3-1)49-42-21-8-5-16-35(42)40-29-31(25-27-45(40)49)32-26-28-46-41(30-32)36-17-6-10-23-44(36)50(46)43-22-9-4-15-34(43)38-19-12-20-39-37-18-7-11-24-47(37)51-48(38)39;1-2-11-29(12-3-1)44-38-18-8-6-14-31(38)37-26-28(22-24-39(37)44)27-21-23-33-36(25-27)30-13-4-5-15-32(30)42(33)35-17-10-20-41-43(35)34-16-7-9-19-40(34)45-41/h1-30,49H;1-30H;1-26,42H. The van der Waals surface area contributed by atoms with Crippen molar-refractivity contribution in [2.75, 3.05) is 0 Å². The van der Waals surface area contributed by atoms with Crippen LogP contribution in [0.5, 0.6) is 0 Å². The third kappa shape index (κ3) is 13.3. The average molecular weight is 1870 g/mol. The minimum absolute atomic E-state index is 0.124. The van der Waals surface area contributed by atoms with Crippen molar-refractivity contribution < 1.29 is 13.3 Å². The summed E-state index contributed by atoms with van der Waals surface area (Å²) in [6.07, 6.45) is 0. The SMILES string of the molecule is c1ccc(-n2c3ccccc3c3cc(-c4ccc5c(c4)-c4ccccc4C5c4cccc5oc6ccccc6c45)ccc32)cc1.c1ccc(-n2c3ccccc3c3cc(-c4ccc5c(c4)-c4ccccc4C5c4ccccc4-c4ccc5c(c4)oc4ccccc45)ccc32)cc1.c1ccc(-n2c3ccccc3c3cc(-c4ccc5c(c4)c4ccccc4n5-c4ccccc4-c4cccc5c4oc4ccccc45)ccc32)cc1. The maximum absolute atomic E-state index is 6.52. The summed E-state index contributed by atoms with van der Waals surface area (Å²) < 4.78 is 28.7. The van der Waals surface area contributed by atoms with E-state index in [9.17, 15) is 0 Å². The lowest BCUT2D eigenvalue weighted by molar-refractivity contribution is 0.668. The number of fused-ring (bicyclic) bond motifs is 27. The summed E-state index contributed by atoms with van der Waals surface area (Å²) in [5.41, 5.74) is 45.0. The third-order valence-electron chi connectivity index (χ3n) is 31.1. The van der Waals surface area contributed by atoms with Crippen LogP contribution in [0.25, 0.3) is 254 Å². The van der Waals surface area contributed by atoms with Gasteiger partial charge in [0.05, 0.1) is 49.8 Å². The van der Waals surface area contributed by atoms with Crippen LogP contribution in [0.3, 0.4) is 0 Å². The quantitative estimate of drug-likeness (QED) is 0.130. The van der Waals surface area contributed by atoms with E-state index in [0.29, 0.717) is 0 Å². The number of hydrogen-bond acceptors (Lipinski definition) is 3. The van der Waals surface area contributed by atoms with Gasteiger partial charge in [-0.15, -0.1) is 0 Å². The second-order valence-electron chi connectivity index (χ2n) is 39.0. The van der Waals surface area contributed by atoms with Crippen molar-refractivity contribution in [1.29, 1.82) is 0 Å². The molecule has 7 nitrogen and oxygen atoms in total. The van der Waals surface area contributed by atoms with Crippen LogP contribution >= 0.6 is 0 Å². The molecule has 0 saturated heterocycles. The highest BCUT2D eigenvalue weighted by Gasteiger charge is 2.35. The van der Waals surface area contributed by atoms with Gasteiger partial charge in [0.1, 0.15) is 33.5 Å². The molecular formula is C140H88N4O3. The van der Waals surface area contributed by atoms with E-state index in [2.05, 4.69) is 516 Å². The van der Waals surface area contributed by atoms with Crippen LogP contribution in [0.15, 0.2) is 535 Å². The van der Waals surface area contributed by atoms with Crippen molar-refractivity contribution in [3.63, 3.8) is 0 Å². The molecule has 2 aliphatic carbocycles. The van der Waals surface area contributed by atoms with Crippen LogP contribution in [-0.2, 0) is 0 Å². The fourth-order valence-corrected chi connectivity index (χ4v) is 24.7. The summed E-state index contributed by atoms with van der Waals surface area (Å²) in [6, 6.07) is 189. The predicted molar refractivity (Wildman–Crippen MR) is 611 cm³/mol. The predicted octanol–water partition coefficient (Wildman–Crippen LogP) is 37.8. The fourth-order valence-electron chi connectivity index (χ4n) is 24.7. The molecule has 0 spiro atoms. The Morgan fingerprint density at radius 3 is 0.939 bits per heavy atom. The first kappa shape index (κ1) is 83.4. The van der Waals surface area contributed by atoms with E-state index in [4.69, 9.17) is 13.3 Å². The lowest BCUT2D eigenvalue weighted by Crippen LogP contribution is -2.01. The number of nitrogens with zero attached hydrogens (tertiary/aromatic N) is 4. The van der Waals surface area contributed by atoms with E-state index in [1.54, 1.807) is 0 Å². The Morgan fingerprint density at radius 2 is 0.442 bits per heavy atom. The molecule has 0 N–H and O–H groups in total. The monoisotopic (exact) mass is 1870 g/mol. The Morgan fingerprint density at radius 1 is 0.143 bits per heavy atom. The van der Waals surface area contributed by atoms with E-state index < -0.39 is 0 Å². The van der Waals surface area contributed by atoms with Crippen molar-refractivity contribution in [3.05, 3.63) is 555 Å². The third-order valence-corrected chi connectivity index (χ3v) is 31.1. The van der Waals surface area contributed by atoms with Gasteiger partial charge in [0.15, 0.2) is 0 Å². The molecule has 2 unspecified atom stereocenters. The van der Waals surface area contributed by atoms with Crippen molar-refractivity contribution in [1.82, 2.24) is 18.3 Å². The molecule has 0 fully saturated rings. The molecule has 147 heavy (non-hydrogen) atoms. The van der Waals surface area contributed by atoms with E-state index >= 15 is 0 Å². The van der Waals surface area contributed by atoms with Crippen molar-refractivity contribution in [2.24, 2.45) is 0 Å². The zero-order chi connectivity index (χ0) is 96.4. The van der Waals surface area contributed by atoms with Crippen LogP contribution in [-0.4, -0.2) is 18.3 Å². The second-order valence-corrected chi connectivity index (χ2v) is 39.0. The molecule has 32 rings (SSSR count). The molecule has 0 saturated carbocycles. The number of para-hydroxylation sites is 12. The molecule has 0 bridgehead atoms. The molecular weight excluding hydrogens is 1790 g/mol. The van der Waals surface area contributed by atoms with E-state index in [1.165, 1.54) is 215 Å². The topological polar surface area (TPSA) is 59.1 Å². The maximum atomic E-state index is 6.52. The summed E-state index contributed by atoms with van der Waals surface area (Å²) in [4.78, 5) is 0. The molecule has 7 aromatic heterocycles. The van der Waals surface area contributed by atoms with Crippen LogP contribution in [0.2, 0.25) is 0 Å². The van der Waals surface area contributed by atoms with Gasteiger partial charge in [0, 0.05) is 115 Å². The van der Waals surface area contributed by atoms with Crippen LogP contribution in [0, 0.1) is 0 Å². The highest BCUT2D eigenvalue weighted by molar-refractivity contribution is 6.18. The van der Waals surface area contributed by atoms with Gasteiger partial charge in [-0.25, -0.2) is 0 Å². The Hall–Kier alpha value is -19.3. The largest absolute Gasteiger partial charge is 0.456 e. The van der Waals surface area contributed by atoms with Crippen molar-refractivity contribution in [2.45, 2.75) is 11.8 Å². The summed E-state index contributed by atoms with van der Waals surface area (Å²) in [6.45, 7) is 0. The Labute approximate surface area is 846 Å². The summed E-state index contributed by atoms with van der Waals surface area (Å²) in [7, 11) is 0. The number of rotatable bonds is 11. The number of hydrogen-bond donors (Lipinski definition) is 0. The lowest BCUT2D eigenvalue weighted by atomic mass is 9.84. The highest BCUT2D eigenvalue weighted by Crippen LogP contribution is 2.56. The number of furan rings is 3. The van der Waals surface area contributed by atoms with Gasteiger partial charge in [-0.2, -0.15) is 0 Å². The summed E-state index contributed by atoms with van der Waals surface area (Å²) in [5, 5.41) is 17.0. The zero-order valence-electron chi connectivity index (χ0n) is 79.8. The maximum Gasteiger partial charge on any atom is 0.143 e. The van der Waals surface area contributed by atoms with E-state index in [-0.39, 0.29) is 11.8 Å². The van der Waals surface area contributed by atoms with Crippen LogP contribution < -0.4 is 0 Å². The minimum atomic E-state index is 0.124. The summed E-state index contributed by atoms with van der Waals surface area (Å²) in [5.74, 6) is 0.264. The molecule has 2 atom stereocenters. The van der Waals surface area contributed by atoms with Crippen molar-refractivity contribution >= 4 is 153 Å². The molecule has 686 valence electrons. The fraction of sp³-hybridized carbons (Fsp3) is 0.0143. The molecule has 2 aliphatic rings. The number of benzene rings is 23. The minimum Gasteiger partial charge on any atom is -0.456 e. The first-order valence-corrected chi connectivity index (χ1v) is 50.6. The second kappa shape index (κ2) is 33.7. The smallest absolute Gasteiger partial charge is 0.143 e. The highest BCUT2D eigenvalue weighted by atomic mass is 16.3. The number of aromatic nitrogens is 4. The molecule has 0 amide bonds. The normalized spacial score (nSPS) is 13.2. The van der Waals surface area contributed by atoms with Crippen molar-refractivity contribution in [3.8, 4) is 101 Å². The Bertz CT molecular complexity index is 10600. The average Bonchev–Trinajstić information content (AvgIpc) is 1.57. The Kier molecular flexibility index (Phi) is 19.1. The molecule has 7 heteroatoms. The van der Waals surface area contributed by atoms with E-state index in [0.717, 1.165) is 71.9 Å². The Balaban J connectivity index is 0.000000102. The first-order chi connectivity index (χ1) is 72.9. The van der Waals surface area contributed by atoms with E-state index in [1.807, 2.05) is 24.3 Å². The van der Waals surface area contributed by atoms with Gasteiger partial charge >= 0.3 is 0 Å². The van der Waals surface area contributed by atoms with Gasteiger partial charge in [0.25, 0.3) is 0 Å². The van der Waals surface area contributed by atoms with Gasteiger partial charge in [-0.3, -0.25) is 0 Å². The van der Waals surface area contributed by atoms with Gasteiger partial charge in [-0.05, 0) is 264 Å². The lowest BCUT2D eigenvalue weighted by Gasteiger charge is -2.19. The van der Waals surface area contributed by atoms with Crippen LogP contribution in [0.1, 0.15) is 45.2 Å². The van der Waals surface area contributed by atoms with Crippen LogP contribution in [0.4, 0.5) is 0 Å².